The molecule has 27 heavy (non-hydrogen) atoms. The van der Waals surface area contributed by atoms with Crippen molar-refractivity contribution in [2.45, 2.75) is 12.9 Å². The van der Waals surface area contributed by atoms with Gasteiger partial charge in [0.05, 0.1) is 6.54 Å². The minimum Gasteiger partial charge on any atom is -0.406 e. The molecule has 8 nitrogen and oxygen atoms in total. The van der Waals surface area contributed by atoms with E-state index in [9.17, 15) is 18.0 Å². The molecule has 1 heterocycles. The van der Waals surface area contributed by atoms with Crippen molar-refractivity contribution in [1.82, 2.24) is 20.3 Å². The summed E-state index contributed by atoms with van der Waals surface area (Å²) in [6.07, 6.45) is -4.78. The van der Waals surface area contributed by atoms with Crippen molar-refractivity contribution in [3.8, 4) is 5.75 Å². The smallest absolute Gasteiger partial charge is 0.406 e. The molecule has 0 aliphatic heterocycles. The molecule has 0 unspecified atom stereocenters. The number of carbonyl (C=O) groups is 1. The van der Waals surface area contributed by atoms with Gasteiger partial charge in [0.15, 0.2) is 5.82 Å². The standard InChI is InChI=1S/C16H19F3N6O2/c1-24(2)14-21-12(22-15(23-14)25(3)4)9-20-13(26)10-5-7-11(8-6-10)27-16(17,18)19/h5-8H,9H2,1-4H3,(H,20,26). The predicted molar refractivity (Wildman–Crippen MR) is 92.8 cm³/mol. The first kappa shape index (κ1) is 20.2. The number of alkyl halides is 3. The number of aromatic nitrogens is 3. The molecule has 11 heteroatoms. The van der Waals surface area contributed by atoms with Crippen molar-refractivity contribution in [2.24, 2.45) is 0 Å². The Morgan fingerprint density at radius 1 is 1.00 bits per heavy atom. The number of hydrogen-bond acceptors (Lipinski definition) is 7. The molecule has 2 aromatic rings. The molecule has 146 valence electrons. The normalized spacial score (nSPS) is 11.1. The summed E-state index contributed by atoms with van der Waals surface area (Å²) in [5.74, 6) is 0.343. The van der Waals surface area contributed by atoms with E-state index in [0.29, 0.717) is 17.7 Å². The molecule has 1 aromatic heterocycles. The van der Waals surface area contributed by atoms with Crippen LogP contribution in [0.2, 0.25) is 0 Å². The van der Waals surface area contributed by atoms with E-state index in [2.05, 4.69) is 25.0 Å². The van der Waals surface area contributed by atoms with Crippen molar-refractivity contribution in [3.05, 3.63) is 35.7 Å². The summed E-state index contributed by atoms with van der Waals surface area (Å²) in [5.41, 5.74) is 0.180. The van der Waals surface area contributed by atoms with Crippen LogP contribution in [0.15, 0.2) is 24.3 Å². The Balaban J connectivity index is 2.06. The predicted octanol–water partition coefficient (Wildman–Crippen LogP) is 1.83. The molecule has 0 radical (unpaired) electrons. The number of carbonyl (C=O) groups excluding carboxylic acids is 1. The molecule has 1 N–H and O–H groups in total. The molecule has 0 aliphatic rings. The maximum Gasteiger partial charge on any atom is 0.573 e. The molecule has 0 fully saturated rings. The van der Waals surface area contributed by atoms with Crippen LogP contribution in [0.1, 0.15) is 16.2 Å². The molecular formula is C16H19F3N6O2. The van der Waals surface area contributed by atoms with Crippen LogP contribution in [0.25, 0.3) is 0 Å². The Bertz CT molecular complexity index is 767. The van der Waals surface area contributed by atoms with Crippen LogP contribution in [0.4, 0.5) is 25.1 Å². The van der Waals surface area contributed by atoms with E-state index in [1.54, 1.807) is 38.0 Å². The molecular weight excluding hydrogens is 365 g/mol. The molecule has 0 saturated heterocycles. The van der Waals surface area contributed by atoms with Gasteiger partial charge < -0.3 is 19.9 Å². The molecule has 1 amide bonds. The Hall–Kier alpha value is -3.11. The molecule has 0 atom stereocenters. The summed E-state index contributed by atoms with van der Waals surface area (Å²) in [6, 6.07) is 4.61. The first-order valence-corrected chi connectivity index (χ1v) is 7.79. The zero-order valence-corrected chi connectivity index (χ0v) is 15.2. The van der Waals surface area contributed by atoms with Gasteiger partial charge in [0.1, 0.15) is 5.75 Å². The van der Waals surface area contributed by atoms with Crippen LogP contribution in [-0.2, 0) is 6.54 Å². The lowest BCUT2D eigenvalue weighted by Gasteiger charge is -2.16. The second-order valence-electron chi connectivity index (χ2n) is 5.90. The lowest BCUT2D eigenvalue weighted by molar-refractivity contribution is -0.274. The van der Waals surface area contributed by atoms with Gasteiger partial charge in [0, 0.05) is 33.8 Å². The van der Waals surface area contributed by atoms with E-state index in [-0.39, 0.29) is 12.1 Å². The first-order chi connectivity index (χ1) is 12.5. The summed E-state index contributed by atoms with van der Waals surface area (Å²) in [5, 5.41) is 2.62. The van der Waals surface area contributed by atoms with Gasteiger partial charge in [-0.2, -0.15) is 15.0 Å². The monoisotopic (exact) mass is 384 g/mol. The van der Waals surface area contributed by atoms with Crippen LogP contribution in [0.3, 0.4) is 0 Å². The summed E-state index contributed by atoms with van der Waals surface area (Å²) >= 11 is 0. The third-order valence-electron chi connectivity index (χ3n) is 3.22. The Morgan fingerprint density at radius 2 is 1.52 bits per heavy atom. The van der Waals surface area contributed by atoms with Gasteiger partial charge in [-0.15, -0.1) is 13.2 Å². The minimum atomic E-state index is -4.78. The third kappa shape index (κ3) is 5.97. The molecule has 2 rings (SSSR count). The zero-order valence-electron chi connectivity index (χ0n) is 15.2. The second kappa shape index (κ2) is 8.06. The highest BCUT2D eigenvalue weighted by atomic mass is 19.4. The summed E-state index contributed by atoms with van der Waals surface area (Å²) in [4.78, 5) is 28.4. The highest BCUT2D eigenvalue weighted by Gasteiger charge is 2.31. The molecule has 0 aliphatic carbocycles. The number of hydrogen-bond donors (Lipinski definition) is 1. The average Bonchev–Trinajstić information content (AvgIpc) is 2.58. The average molecular weight is 384 g/mol. The van der Waals surface area contributed by atoms with Gasteiger partial charge in [0.25, 0.3) is 5.91 Å². The molecule has 0 bridgehead atoms. The Labute approximate surface area is 154 Å². The molecule has 1 aromatic carbocycles. The van der Waals surface area contributed by atoms with Gasteiger partial charge in [-0.3, -0.25) is 4.79 Å². The summed E-state index contributed by atoms with van der Waals surface area (Å²) in [7, 11) is 7.12. The number of rotatable bonds is 6. The fourth-order valence-electron chi connectivity index (χ4n) is 1.94. The lowest BCUT2D eigenvalue weighted by Crippen LogP contribution is -2.26. The SMILES string of the molecule is CN(C)c1nc(CNC(=O)c2ccc(OC(F)(F)F)cc2)nc(N(C)C)n1. The van der Waals surface area contributed by atoms with Crippen molar-refractivity contribution < 1.29 is 22.7 Å². The second-order valence-corrected chi connectivity index (χ2v) is 5.90. The van der Waals surface area contributed by atoms with E-state index in [1.165, 1.54) is 12.1 Å². The van der Waals surface area contributed by atoms with Crippen LogP contribution >= 0.6 is 0 Å². The van der Waals surface area contributed by atoms with E-state index in [0.717, 1.165) is 12.1 Å². The van der Waals surface area contributed by atoms with Crippen LogP contribution in [-0.4, -0.2) is 55.4 Å². The van der Waals surface area contributed by atoms with E-state index in [4.69, 9.17) is 0 Å². The van der Waals surface area contributed by atoms with Gasteiger partial charge in [0.2, 0.25) is 11.9 Å². The van der Waals surface area contributed by atoms with Crippen LogP contribution < -0.4 is 19.9 Å². The number of benzene rings is 1. The van der Waals surface area contributed by atoms with E-state index < -0.39 is 18.0 Å². The van der Waals surface area contributed by atoms with Gasteiger partial charge in [-0.05, 0) is 24.3 Å². The van der Waals surface area contributed by atoms with Crippen molar-refractivity contribution in [2.75, 3.05) is 38.0 Å². The van der Waals surface area contributed by atoms with Crippen molar-refractivity contribution in [1.29, 1.82) is 0 Å². The fraction of sp³-hybridized carbons (Fsp3) is 0.375. The summed E-state index contributed by atoms with van der Waals surface area (Å²) in [6.45, 7) is 0.0316. The van der Waals surface area contributed by atoms with Gasteiger partial charge >= 0.3 is 6.36 Å². The number of anilines is 2. The maximum atomic E-state index is 12.2. The van der Waals surface area contributed by atoms with Gasteiger partial charge in [-0.25, -0.2) is 0 Å². The highest BCUT2D eigenvalue weighted by Crippen LogP contribution is 2.22. The number of nitrogens with one attached hydrogen (secondary N) is 1. The van der Waals surface area contributed by atoms with Crippen molar-refractivity contribution >= 4 is 17.8 Å². The largest absolute Gasteiger partial charge is 0.573 e. The lowest BCUT2D eigenvalue weighted by atomic mass is 10.2. The maximum absolute atomic E-state index is 12.2. The number of ether oxygens (including phenoxy) is 1. The van der Waals surface area contributed by atoms with Crippen LogP contribution in [0, 0.1) is 0 Å². The van der Waals surface area contributed by atoms with Crippen molar-refractivity contribution in [3.63, 3.8) is 0 Å². The quantitative estimate of drug-likeness (QED) is 0.814. The molecule has 0 saturated carbocycles. The third-order valence-corrected chi connectivity index (χ3v) is 3.22. The highest BCUT2D eigenvalue weighted by molar-refractivity contribution is 5.94. The minimum absolute atomic E-state index is 0.0316. The Morgan fingerprint density at radius 3 is 1.96 bits per heavy atom. The summed E-state index contributed by atoms with van der Waals surface area (Å²) < 4.78 is 40.2. The fourth-order valence-corrected chi connectivity index (χ4v) is 1.94. The van der Waals surface area contributed by atoms with E-state index >= 15 is 0 Å². The number of amides is 1. The van der Waals surface area contributed by atoms with Crippen LogP contribution in [0.5, 0.6) is 5.75 Å². The first-order valence-electron chi connectivity index (χ1n) is 7.79. The molecule has 0 spiro atoms. The zero-order chi connectivity index (χ0) is 20.2. The topological polar surface area (TPSA) is 83.5 Å². The van der Waals surface area contributed by atoms with Gasteiger partial charge in [-0.1, -0.05) is 0 Å². The number of nitrogens with zero attached hydrogens (tertiary/aromatic N) is 5. The van der Waals surface area contributed by atoms with E-state index in [1.807, 2.05) is 0 Å². The number of halogens is 3. The Kier molecular flexibility index (Phi) is 6.03.